The fourth-order valence-corrected chi connectivity index (χ4v) is 4.27. The normalized spacial score (nSPS) is 20.2. The number of ether oxygens (including phenoxy) is 2. The van der Waals surface area contributed by atoms with Crippen molar-refractivity contribution in [1.29, 1.82) is 0 Å². The lowest BCUT2D eigenvalue weighted by Gasteiger charge is -2.28. The molecule has 0 bridgehead atoms. The summed E-state index contributed by atoms with van der Waals surface area (Å²) in [4.78, 5) is 12.2. The molecule has 2 aromatic rings. The number of nitrogens with two attached hydrogens (primary N) is 1. The van der Waals surface area contributed by atoms with Gasteiger partial charge in [0.1, 0.15) is 11.6 Å². The second kappa shape index (κ2) is 9.51. The highest BCUT2D eigenvalue weighted by molar-refractivity contribution is 5.89. The fourth-order valence-electron chi connectivity index (χ4n) is 4.27. The summed E-state index contributed by atoms with van der Waals surface area (Å²) in [6, 6.07) is 6.91. The van der Waals surface area contributed by atoms with E-state index in [0.717, 1.165) is 55.9 Å². The van der Waals surface area contributed by atoms with Crippen LogP contribution < -0.4 is 16.4 Å². The summed E-state index contributed by atoms with van der Waals surface area (Å²) in [5.74, 6) is -1.26. The first-order chi connectivity index (χ1) is 15.0. The van der Waals surface area contributed by atoms with Crippen LogP contribution in [0.5, 0.6) is 0 Å². The van der Waals surface area contributed by atoms with Gasteiger partial charge in [0.15, 0.2) is 0 Å². The van der Waals surface area contributed by atoms with E-state index >= 15 is 0 Å². The molecule has 4 N–H and O–H groups in total. The summed E-state index contributed by atoms with van der Waals surface area (Å²) in [5, 5.41) is 5.92. The lowest BCUT2D eigenvalue weighted by molar-refractivity contribution is 0.0798. The van der Waals surface area contributed by atoms with E-state index in [1.165, 1.54) is 12.1 Å². The molecule has 1 aliphatic carbocycles. The smallest absolute Gasteiger partial charge is 0.411 e. The highest BCUT2D eigenvalue weighted by Crippen LogP contribution is 2.37. The van der Waals surface area contributed by atoms with E-state index in [1.807, 2.05) is 12.1 Å². The third kappa shape index (κ3) is 5.44. The topological polar surface area (TPSA) is 85.6 Å². The number of hydrogen-bond acceptors (Lipinski definition) is 5. The maximum atomic E-state index is 13.5. The predicted octanol–water partition coefficient (Wildman–Crippen LogP) is 5.15. The van der Waals surface area contributed by atoms with E-state index in [9.17, 15) is 13.6 Å². The van der Waals surface area contributed by atoms with E-state index in [4.69, 9.17) is 15.2 Å². The Morgan fingerprint density at radius 3 is 2.68 bits per heavy atom. The van der Waals surface area contributed by atoms with E-state index in [1.54, 1.807) is 0 Å². The molecule has 4 rings (SSSR count). The first kappa shape index (κ1) is 21.4. The summed E-state index contributed by atoms with van der Waals surface area (Å²) in [6.07, 6.45) is 4.88. The Morgan fingerprint density at radius 1 is 1.13 bits per heavy atom. The van der Waals surface area contributed by atoms with Crippen molar-refractivity contribution < 1.29 is 23.0 Å². The van der Waals surface area contributed by atoms with Crippen molar-refractivity contribution in [2.45, 2.75) is 50.7 Å². The molecule has 1 heterocycles. The molecule has 1 aliphatic heterocycles. The second-order valence-electron chi connectivity index (χ2n) is 8.07. The van der Waals surface area contributed by atoms with Crippen molar-refractivity contribution in [2.75, 3.05) is 29.6 Å². The summed E-state index contributed by atoms with van der Waals surface area (Å²) in [7, 11) is 0. The number of fused-ring (bicyclic) bond motifs is 1. The van der Waals surface area contributed by atoms with Gasteiger partial charge < -0.3 is 20.5 Å². The number of benzene rings is 2. The van der Waals surface area contributed by atoms with Crippen molar-refractivity contribution in [3.05, 3.63) is 53.1 Å². The minimum Gasteiger partial charge on any atom is -0.449 e. The number of carbonyl (C=O) groups excluding carboxylic acids is 1. The molecule has 8 heteroatoms. The Balaban J connectivity index is 1.41. The fraction of sp³-hybridized carbons (Fsp3) is 0.435. The molecule has 2 unspecified atom stereocenters. The van der Waals surface area contributed by atoms with Gasteiger partial charge in [-0.15, -0.1) is 0 Å². The number of aryl methyl sites for hydroxylation is 1. The first-order valence-corrected chi connectivity index (χ1v) is 10.7. The lowest BCUT2D eigenvalue weighted by atomic mass is 9.86. The largest absolute Gasteiger partial charge is 0.449 e. The van der Waals surface area contributed by atoms with Crippen LogP contribution in [0, 0.1) is 11.6 Å². The minimum absolute atomic E-state index is 0.125. The van der Waals surface area contributed by atoms with Crippen molar-refractivity contribution in [2.24, 2.45) is 0 Å². The van der Waals surface area contributed by atoms with Gasteiger partial charge in [-0.3, -0.25) is 5.32 Å². The molecule has 1 amide bonds. The van der Waals surface area contributed by atoms with Crippen molar-refractivity contribution in [1.82, 2.24) is 0 Å². The summed E-state index contributed by atoms with van der Waals surface area (Å²) < 4.78 is 37.8. The van der Waals surface area contributed by atoms with Gasteiger partial charge in [-0.1, -0.05) is 0 Å². The van der Waals surface area contributed by atoms with Crippen LogP contribution in [-0.4, -0.2) is 25.4 Å². The van der Waals surface area contributed by atoms with Crippen molar-refractivity contribution in [3.8, 4) is 0 Å². The van der Waals surface area contributed by atoms with Gasteiger partial charge in [0, 0.05) is 24.8 Å². The Labute approximate surface area is 180 Å². The van der Waals surface area contributed by atoms with E-state index in [2.05, 4.69) is 10.6 Å². The molecule has 0 spiro atoms. The number of nitrogens with one attached hydrogen (secondary N) is 2. The number of nitrogen functional groups attached to an aromatic ring is 1. The van der Waals surface area contributed by atoms with Gasteiger partial charge in [-0.2, -0.15) is 0 Å². The van der Waals surface area contributed by atoms with E-state index < -0.39 is 17.7 Å². The van der Waals surface area contributed by atoms with Gasteiger partial charge in [0.05, 0.1) is 30.1 Å². The highest BCUT2D eigenvalue weighted by Gasteiger charge is 2.23. The van der Waals surface area contributed by atoms with Crippen LogP contribution in [0.4, 0.5) is 30.6 Å². The van der Waals surface area contributed by atoms with Gasteiger partial charge in [-0.05, 0) is 67.5 Å². The van der Waals surface area contributed by atoms with Crippen LogP contribution in [0.25, 0.3) is 0 Å². The Bertz CT molecular complexity index is 928. The van der Waals surface area contributed by atoms with Crippen LogP contribution >= 0.6 is 0 Å². The third-order valence-electron chi connectivity index (χ3n) is 5.76. The average Bonchev–Trinajstić information content (AvgIpc) is 3.22. The van der Waals surface area contributed by atoms with E-state index in [0.29, 0.717) is 23.5 Å². The minimum atomic E-state index is -0.629. The van der Waals surface area contributed by atoms with Gasteiger partial charge >= 0.3 is 6.09 Å². The van der Waals surface area contributed by atoms with Gasteiger partial charge in [-0.25, -0.2) is 13.6 Å². The quantitative estimate of drug-likeness (QED) is 0.551. The van der Waals surface area contributed by atoms with Gasteiger partial charge in [0.2, 0.25) is 0 Å². The van der Waals surface area contributed by atoms with E-state index in [-0.39, 0.29) is 18.8 Å². The highest BCUT2D eigenvalue weighted by atomic mass is 19.1. The standard InChI is InChI=1S/C23H27F2N3O3/c24-15-10-16(25)12-17(11-15)27-21-5-1-3-14-9-22(20(26)13-19(14)21)28-23(29)31-8-6-18-4-2-7-30-18/h9-13,18,21,27H,1-8,26H2,(H,28,29). The van der Waals surface area contributed by atoms with Crippen molar-refractivity contribution in [3.63, 3.8) is 0 Å². The number of amides is 1. The number of halogens is 2. The molecule has 2 aromatic carbocycles. The van der Waals surface area contributed by atoms with Crippen LogP contribution in [-0.2, 0) is 15.9 Å². The molecular formula is C23H27F2N3O3. The Kier molecular flexibility index (Phi) is 6.56. The Hall–Kier alpha value is -2.87. The molecule has 1 saturated heterocycles. The maximum Gasteiger partial charge on any atom is 0.411 e. The SMILES string of the molecule is Nc1cc2c(cc1NC(=O)OCCC1CCCO1)CCCC2Nc1cc(F)cc(F)c1. The average molecular weight is 431 g/mol. The maximum absolute atomic E-state index is 13.5. The number of rotatable bonds is 6. The zero-order valence-electron chi connectivity index (χ0n) is 17.3. The molecule has 166 valence electrons. The van der Waals surface area contributed by atoms with Crippen LogP contribution in [0.15, 0.2) is 30.3 Å². The zero-order valence-corrected chi connectivity index (χ0v) is 17.3. The van der Waals surface area contributed by atoms with Crippen LogP contribution in [0.1, 0.15) is 49.3 Å². The Morgan fingerprint density at radius 2 is 1.94 bits per heavy atom. The summed E-state index contributed by atoms with van der Waals surface area (Å²) in [6.45, 7) is 1.06. The molecule has 6 nitrogen and oxygen atoms in total. The molecule has 31 heavy (non-hydrogen) atoms. The number of anilines is 3. The zero-order chi connectivity index (χ0) is 21.8. The molecule has 0 saturated carbocycles. The molecule has 2 atom stereocenters. The molecule has 0 aromatic heterocycles. The number of carbonyl (C=O) groups is 1. The first-order valence-electron chi connectivity index (χ1n) is 10.7. The molecule has 2 aliphatic rings. The van der Waals surface area contributed by atoms with Crippen molar-refractivity contribution >= 4 is 23.2 Å². The monoisotopic (exact) mass is 431 g/mol. The molecule has 1 fully saturated rings. The third-order valence-corrected chi connectivity index (χ3v) is 5.76. The predicted molar refractivity (Wildman–Crippen MR) is 115 cm³/mol. The molecule has 0 radical (unpaired) electrons. The summed E-state index contributed by atoms with van der Waals surface area (Å²) >= 11 is 0. The molecular weight excluding hydrogens is 404 g/mol. The number of hydrogen-bond donors (Lipinski definition) is 3. The lowest BCUT2D eigenvalue weighted by Crippen LogP contribution is -2.20. The van der Waals surface area contributed by atoms with Gasteiger partial charge in [0.25, 0.3) is 0 Å². The summed E-state index contributed by atoms with van der Waals surface area (Å²) in [5.41, 5.74) is 9.47. The second-order valence-corrected chi connectivity index (χ2v) is 8.07. The van der Waals surface area contributed by atoms with Crippen LogP contribution in [0.2, 0.25) is 0 Å². The van der Waals surface area contributed by atoms with Crippen LogP contribution in [0.3, 0.4) is 0 Å².